The number of nitrogens with one attached hydrogen (secondary N) is 1. The summed E-state index contributed by atoms with van der Waals surface area (Å²) in [5, 5.41) is 2.93. The van der Waals surface area contributed by atoms with Crippen LogP contribution < -0.4 is 10.1 Å². The third-order valence-electron chi connectivity index (χ3n) is 4.35. The summed E-state index contributed by atoms with van der Waals surface area (Å²) < 4.78 is 5.52. The Morgan fingerprint density at radius 1 is 1.16 bits per heavy atom. The summed E-state index contributed by atoms with van der Waals surface area (Å²) in [4.78, 5) is 26.0. The number of fused-ring (bicyclic) bond motifs is 1. The lowest BCUT2D eigenvalue weighted by Crippen LogP contribution is -2.34. The van der Waals surface area contributed by atoms with Crippen LogP contribution in [-0.4, -0.2) is 29.9 Å². The van der Waals surface area contributed by atoms with Gasteiger partial charge in [-0.05, 0) is 48.7 Å². The highest BCUT2D eigenvalue weighted by atomic mass is 16.5. The summed E-state index contributed by atoms with van der Waals surface area (Å²) in [6, 6.07) is 13.1. The first-order valence-electron chi connectivity index (χ1n) is 8.49. The van der Waals surface area contributed by atoms with Crippen LogP contribution in [0.2, 0.25) is 0 Å². The molecule has 5 nitrogen and oxygen atoms in total. The zero-order chi connectivity index (χ0) is 17.8. The van der Waals surface area contributed by atoms with E-state index in [1.54, 1.807) is 19.1 Å². The largest absolute Gasteiger partial charge is 0.493 e. The van der Waals surface area contributed by atoms with Crippen molar-refractivity contribution in [3.8, 4) is 5.75 Å². The van der Waals surface area contributed by atoms with Crippen molar-refractivity contribution in [3.63, 3.8) is 0 Å². The quantitative estimate of drug-likeness (QED) is 0.931. The molecule has 1 heterocycles. The molecule has 1 aliphatic rings. The predicted octanol–water partition coefficient (Wildman–Crippen LogP) is 3.24. The average molecular weight is 338 g/mol. The predicted molar refractivity (Wildman–Crippen MR) is 96.8 cm³/mol. The Balaban J connectivity index is 1.79. The van der Waals surface area contributed by atoms with Gasteiger partial charge in [-0.15, -0.1) is 0 Å². The van der Waals surface area contributed by atoms with Crippen molar-refractivity contribution in [1.82, 2.24) is 4.90 Å². The number of benzene rings is 2. The fraction of sp³-hybridized carbons (Fsp3) is 0.300. The van der Waals surface area contributed by atoms with E-state index in [4.69, 9.17) is 4.74 Å². The summed E-state index contributed by atoms with van der Waals surface area (Å²) >= 11 is 0. The summed E-state index contributed by atoms with van der Waals surface area (Å²) in [5.74, 6) is 0.442. The molecule has 0 saturated heterocycles. The fourth-order valence-corrected chi connectivity index (χ4v) is 3.04. The highest BCUT2D eigenvalue weighted by Crippen LogP contribution is 2.24. The number of anilines is 1. The molecular formula is C20H22N2O3. The number of hydrogen-bond acceptors (Lipinski definition) is 3. The average Bonchev–Trinajstić information content (AvgIpc) is 2.61. The number of carbonyl (C=O) groups excluding carboxylic acids is 2. The second-order valence-corrected chi connectivity index (χ2v) is 6.06. The first-order valence-corrected chi connectivity index (χ1v) is 8.49. The van der Waals surface area contributed by atoms with Gasteiger partial charge in [-0.2, -0.15) is 0 Å². The molecule has 0 aromatic heterocycles. The van der Waals surface area contributed by atoms with Crippen molar-refractivity contribution in [1.29, 1.82) is 0 Å². The normalized spacial score (nSPS) is 13.1. The molecule has 5 heteroatoms. The molecule has 0 fully saturated rings. The first-order chi connectivity index (χ1) is 12.1. The summed E-state index contributed by atoms with van der Waals surface area (Å²) in [6.07, 6.45) is 0.844. The summed E-state index contributed by atoms with van der Waals surface area (Å²) in [6.45, 7) is 5.31. The van der Waals surface area contributed by atoms with Gasteiger partial charge >= 0.3 is 0 Å². The highest BCUT2D eigenvalue weighted by Gasteiger charge is 2.19. The smallest absolute Gasteiger partial charge is 0.259 e. The van der Waals surface area contributed by atoms with Crippen LogP contribution in [0.15, 0.2) is 42.5 Å². The second-order valence-electron chi connectivity index (χ2n) is 6.06. The summed E-state index contributed by atoms with van der Waals surface area (Å²) in [7, 11) is 0. The maximum absolute atomic E-state index is 12.6. The van der Waals surface area contributed by atoms with Crippen molar-refractivity contribution < 1.29 is 14.3 Å². The monoisotopic (exact) mass is 338 g/mol. The molecule has 0 unspecified atom stereocenters. The van der Waals surface area contributed by atoms with Crippen LogP contribution in [0, 0.1) is 0 Å². The lowest BCUT2D eigenvalue weighted by molar-refractivity contribution is -0.129. The van der Waals surface area contributed by atoms with E-state index in [0.29, 0.717) is 24.5 Å². The van der Waals surface area contributed by atoms with Gasteiger partial charge in [-0.25, -0.2) is 0 Å². The Bertz CT molecular complexity index is 801. The van der Waals surface area contributed by atoms with E-state index in [0.717, 1.165) is 24.2 Å². The fourth-order valence-electron chi connectivity index (χ4n) is 3.04. The first kappa shape index (κ1) is 17.0. The molecule has 1 aliphatic heterocycles. The molecule has 130 valence electrons. The zero-order valence-corrected chi connectivity index (χ0v) is 14.5. The number of amides is 2. The minimum Gasteiger partial charge on any atom is -0.493 e. The molecule has 2 amide bonds. The van der Waals surface area contributed by atoms with E-state index in [1.165, 1.54) is 5.56 Å². The molecule has 2 aromatic carbocycles. The lowest BCUT2D eigenvalue weighted by Gasteiger charge is -2.28. The number of carbonyl (C=O) groups is 2. The van der Waals surface area contributed by atoms with Gasteiger partial charge in [0.05, 0.1) is 12.2 Å². The molecule has 2 aromatic rings. The molecule has 25 heavy (non-hydrogen) atoms. The van der Waals surface area contributed by atoms with Gasteiger partial charge in [0.25, 0.3) is 5.91 Å². The van der Waals surface area contributed by atoms with Crippen molar-refractivity contribution in [3.05, 3.63) is 59.2 Å². The molecule has 0 atom stereocenters. The second kappa shape index (κ2) is 7.38. The van der Waals surface area contributed by atoms with E-state index >= 15 is 0 Å². The number of para-hydroxylation sites is 1. The topological polar surface area (TPSA) is 58.6 Å². The van der Waals surface area contributed by atoms with Crippen LogP contribution in [0.3, 0.4) is 0 Å². The zero-order valence-electron chi connectivity index (χ0n) is 14.5. The van der Waals surface area contributed by atoms with Crippen LogP contribution in [0.25, 0.3) is 0 Å². The third kappa shape index (κ3) is 3.82. The van der Waals surface area contributed by atoms with Crippen LogP contribution in [-0.2, 0) is 17.8 Å². The van der Waals surface area contributed by atoms with Gasteiger partial charge in [0.2, 0.25) is 5.91 Å². The minimum absolute atomic E-state index is 0.0748. The van der Waals surface area contributed by atoms with Gasteiger partial charge in [-0.3, -0.25) is 9.59 Å². The van der Waals surface area contributed by atoms with Gasteiger partial charge in [0, 0.05) is 25.7 Å². The Labute approximate surface area is 147 Å². The van der Waals surface area contributed by atoms with Gasteiger partial charge < -0.3 is 15.0 Å². The number of hydrogen-bond donors (Lipinski definition) is 1. The van der Waals surface area contributed by atoms with Crippen LogP contribution in [0.1, 0.15) is 35.3 Å². The molecule has 0 bridgehead atoms. The van der Waals surface area contributed by atoms with Crippen molar-refractivity contribution in [2.24, 2.45) is 0 Å². The highest BCUT2D eigenvalue weighted by molar-refractivity contribution is 6.06. The Hall–Kier alpha value is -2.82. The van der Waals surface area contributed by atoms with Crippen molar-refractivity contribution >= 4 is 17.5 Å². The van der Waals surface area contributed by atoms with E-state index in [-0.39, 0.29) is 11.8 Å². The van der Waals surface area contributed by atoms with Gasteiger partial charge in [0.15, 0.2) is 0 Å². The van der Waals surface area contributed by atoms with E-state index in [1.807, 2.05) is 42.2 Å². The van der Waals surface area contributed by atoms with Crippen LogP contribution >= 0.6 is 0 Å². The molecular weight excluding hydrogens is 316 g/mol. The van der Waals surface area contributed by atoms with E-state index in [2.05, 4.69) is 5.32 Å². The van der Waals surface area contributed by atoms with Crippen molar-refractivity contribution in [2.45, 2.75) is 26.8 Å². The molecule has 1 N–H and O–H groups in total. The molecule has 3 rings (SSSR count). The van der Waals surface area contributed by atoms with Gasteiger partial charge in [0.1, 0.15) is 5.75 Å². The Kier molecular flexibility index (Phi) is 5.03. The summed E-state index contributed by atoms with van der Waals surface area (Å²) in [5.41, 5.74) is 3.54. The number of rotatable bonds is 4. The SMILES string of the molecule is CCOc1ccccc1C(=O)Nc1ccc2c(c1)CN(C(C)=O)CC2. The molecule has 0 spiro atoms. The Morgan fingerprint density at radius 3 is 2.72 bits per heavy atom. The lowest BCUT2D eigenvalue weighted by atomic mass is 9.99. The number of ether oxygens (including phenoxy) is 1. The molecule has 0 aliphatic carbocycles. The number of nitrogens with zero attached hydrogens (tertiary/aromatic N) is 1. The van der Waals surface area contributed by atoms with Crippen LogP contribution in [0.5, 0.6) is 5.75 Å². The minimum atomic E-state index is -0.205. The van der Waals surface area contributed by atoms with E-state index < -0.39 is 0 Å². The maximum Gasteiger partial charge on any atom is 0.259 e. The third-order valence-corrected chi connectivity index (χ3v) is 4.35. The molecule has 0 radical (unpaired) electrons. The van der Waals surface area contributed by atoms with Crippen molar-refractivity contribution in [2.75, 3.05) is 18.5 Å². The molecule has 0 saturated carbocycles. The Morgan fingerprint density at radius 2 is 1.96 bits per heavy atom. The standard InChI is InChI=1S/C20H22N2O3/c1-3-25-19-7-5-4-6-18(19)20(24)21-17-9-8-15-10-11-22(14(2)23)13-16(15)12-17/h4-9,12H,3,10-11,13H2,1-2H3,(H,21,24). The maximum atomic E-state index is 12.6. The van der Waals surface area contributed by atoms with Crippen LogP contribution in [0.4, 0.5) is 5.69 Å². The van der Waals surface area contributed by atoms with Gasteiger partial charge in [-0.1, -0.05) is 18.2 Å². The van der Waals surface area contributed by atoms with E-state index in [9.17, 15) is 9.59 Å².